The number of rotatable bonds is 3. The standard InChI is InChI=1S/C10H11F4NO2/c1-17-7-4-2-3-6(8(7)11)9(16,5-15)10(12,13)14/h2-4,16H,5,15H2,1H3. The van der Waals surface area contributed by atoms with Crippen LogP contribution in [0.2, 0.25) is 0 Å². The van der Waals surface area contributed by atoms with Crippen LogP contribution in [0.1, 0.15) is 5.56 Å². The number of ether oxygens (including phenoxy) is 1. The molecule has 96 valence electrons. The lowest BCUT2D eigenvalue weighted by molar-refractivity contribution is -0.263. The van der Waals surface area contributed by atoms with Gasteiger partial charge in [0.15, 0.2) is 11.6 Å². The Labute approximate surface area is 94.8 Å². The van der Waals surface area contributed by atoms with Crippen molar-refractivity contribution in [3.63, 3.8) is 0 Å². The lowest BCUT2D eigenvalue weighted by Gasteiger charge is -2.30. The number of halogens is 4. The van der Waals surface area contributed by atoms with Crippen molar-refractivity contribution in [1.29, 1.82) is 0 Å². The number of hydrogen-bond acceptors (Lipinski definition) is 3. The molecule has 1 rings (SSSR count). The molecule has 0 bridgehead atoms. The summed E-state index contributed by atoms with van der Waals surface area (Å²) in [5.74, 6) is -1.67. The topological polar surface area (TPSA) is 55.5 Å². The van der Waals surface area contributed by atoms with Gasteiger partial charge in [0.25, 0.3) is 0 Å². The molecule has 0 saturated heterocycles. The Balaban J connectivity index is 3.41. The molecular weight excluding hydrogens is 242 g/mol. The van der Waals surface area contributed by atoms with E-state index in [0.717, 1.165) is 25.3 Å². The molecule has 0 heterocycles. The van der Waals surface area contributed by atoms with Crippen LogP contribution in [-0.2, 0) is 5.60 Å². The third-order valence-corrected chi connectivity index (χ3v) is 2.39. The first kappa shape index (κ1) is 13.7. The van der Waals surface area contributed by atoms with Crippen molar-refractivity contribution in [3.05, 3.63) is 29.6 Å². The fourth-order valence-corrected chi connectivity index (χ4v) is 1.37. The smallest absolute Gasteiger partial charge is 0.422 e. The van der Waals surface area contributed by atoms with Gasteiger partial charge >= 0.3 is 6.18 Å². The van der Waals surface area contributed by atoms with E-state index in [1.165, 1.54) is 0 Å². The largest absolute Gasteiger partial charge is 0.494 e. The minimum absolute atomic E-state index is 0.390. The molecule has 0 aromatic heterocycles. The van der Waals surface area contributed by atoms with Crippen molar-refractivity contribution in [3.8, 4) is 5.75 Å². The quantitative estimate of drug-likeness (QED) is 0.803. The molecule has 0 aliphatic heterocycles. The fraction of sp³-hybridized carbons (Fsp3) is 0.400. The van der Waals surface area contributed by atoms with Gasteiger partial charge in [0.1, 0.15) is 0 Å². The molecule has 1 aromatic carbocycles. The lowest BCUT2D eigenvalue weighted by atomic mass is 9.92. The summed E-state index contributed by atoms with van der Waals surface area (Å²) in [5, 5.41) is 9.48. The Morgan fingerprint density at radius 2 is 1.94 bits per heavy atom. The third kappa shape index (κ3) is 2.20. The van der Waals surface area contributed by atoms with Gasteiger partial charge < -0.3 is 15.6 Å². The molecule has 17 heavy (non-hydrogen) atoms. The summed E-state index contributed by atoms with van der Waals surface area (Å²) in [6, 6.07) is 3.11. The van der Waals surface area contributed by atoms with Crippen molar-refractivity contribution in [2.45, 2.75) is 11.8 Å². The SMILES string of the molecule is COc1cccc(C(O)(CN)C(F)(F)F)c1F. The predicted molar refractivity (Wildman–Crippen MR) is 52.0 cm³/mol. The first-order valence-electron chi connectivity index (χ1n) is 4.60. The lowest BCUT2D eigenvalue weighted by Crippen LogP contribution is -2.48. The van der Waals surface area contributed by atoms with Crippen LogP contribution < -0.4 is 10.5 Å². The first-order valence-corrected chi connectivity index (χ1v) is 4.60. The summed E-state index contributed by atoms with van der Waals surface area (Å²) >= 11 is 0. The van der Waals surface area contributed by atoms with Crippen LogP contribution in [0.5, 0.6) is 5.75 Å². The van der Waals surface area contributed by atoms with Gasteiger partial charge in [-0.2, -0.15) is 13.2 Å². The molecular formula is C10H11F4NO2. The number of benzene rings is 1. The molecule has 0 aliphatic carbocycles. The van der Waals surface area contributed by atoms with Gasteiger partial charge in [-0.15, -0.1) is 0 Å². The second-order valence-electron chi connectivity index (χ2n) is 3.38. The van der Waals surface area contributed by atoms with Crippen molar-refractivity contribution in [1.82, 2.24) is 0 Å². The number of aliphatic hydroxyl groups is 1. The third-order valence-electron chi connectivity index (χ3n) is 2.39. The molecule has 0 amide bonds. The summed E-state index contributed by atoms with van der Waals surface area (Å²) in [5.41, 5.74) is 0.531. The maximum absolute atomic E-state index is 13.6. The summed E-state index contributed by atoms with van der Waals surface area (Å²) in [7, 11) is 1.11. The Bertz CT molecular complexity index is 408. The van der Waals surface area contributed by atoms with Gasteiger partial charge in [-0.3, -0.25) is 0 Å². The van der Waals surface area contributed by atoms with Crippen LogP contribution in [0, 0.1) is 5.82 Å². The summed E-state index contributed by atoms with van der Waals surface area (Å²) in [6.45, 7) is -1.18. The van der Waals surface area contributed by atoms with Gasteiger partial charge in [-0.25, -0.2) is 4.39 Å². The highest BCUT2D eigenvalue weighted by Crippen LogP contribution is 2.40. The van der Waals surface area contributed by atoms with Crippen molar-refractivity contribution in [2.75, 3.05) is 13.7 Å². The molecule has 1 unspecified atom stereocenters. The maximum atomic E-state index is 13.6. The average molecular weight is 253 g/mol. The van der Waals surface area contributed by atoms with Gasteiger partial charge in [-0.1, -0.05) is 12.1 Å². The number of alkyl halides is 3. The van der Waals surface area contributed by atoms with Crippen LogP contribution in [0.25, 0.3) is 0 Å². The van der Waals surface area contributed by atoms with E-state index in [1.807, 2.05) is 0 Å². The summed E-state index contributed by atoms with van der Waals surface area (Å²) in [6.07, 6.45) is -5.07. The predicted octanol–water partition coefficient (Wildman–Crippen LogP) is 1.54. The minimum Gasteiger partial charge on any atom is -0.494 e. The highest BCUT2D eigenvalue weighted by molar-refractivity contribution is 5.36. The van der Waals surface area contributed by atoms with Crippen LogP contribution in [-0.4, -0.2) is 24.9 Å². The van der Waals surface area contributed by atoms with E-state index in [9.17, 15) is 22.7 Å². The zero-order valence-corrected chi connectivity index (χ0v) is 8.88. The molecule has 0 radical (unpaired) electrons. The molecule has 0 fully saturated rings. The van der Waals surface area contributed by atoms with Gasteiger partial charge in [0.05, 0.1) is 7.11 Å². The number of nitrogens with two attached hydrogens (primary N) is 1. The second kappa shape index (κ2) is 4.50. The van der Waals surface area contributed by atoms with Crippen LogP contribution in [0.4, 0.5) is 17.6 Å². The van der Waals surface area contributed by atoms with Crippen LogP contribution >= 0.6 is 0 Å². The zero-order valence-electron chi connectivity index (χ0n) is 8.88. The van der Waals surface area contributed by atoms with Gasteiger partial charge in [0.2, 0.25) is 5.60 Å². The maximum Gasteiger partial charge on any atom is 0.422 e. The molecule has 7 heteroatoms. The minimum atomic E-state index is -5.07. The van der Waals surface area contributed by atoms with E-state index in [0.29, 0.717) is 0 Å². The highest BCUT2D eigenvalue weighted by Gasteiger charge is 2.55. The molecule has 1 atom stereocenters. The van der Waals surface area contributed by atoms with E-state index in [2.05, 4.69) is 4.74 Å². The van der Waals surface area contributed by atoms with E-state index in [-0.39, 0.29) is 0 Å². The van der Waals surface area contributed by atoms with E-state index >= 15 is 0 Å². The molecule has 0 aliphatic rings. The first-order chi connectivity index (χ1) is 7.78. The van der Waals surface area contributed by atoms with E-state index in [4.69, 9.17) is 5.73 Å². The van der Waals surface area contributed by atoms with Gasteiger partial charge in [-0.05, 0) is 6.07 Å². The van der Waals surface area contributed by atoms with E-state index < -0.39 is 35.5 Å². The molecule has 3 N–H and O–H groups in total. The molecule has 3 nitrogen and oxygen atoms in total. The average Bonchev–Trinajstić information content (AvgIpc) is 2.27. The molecule has 1 aromatic rings. The Kier molecular flexibility index (Phi) is 3.63. The van der Waals surface area contributed by atoms with Gasteiger partial charge in [0, 0.05) is 12.1 Å². The molecule has 0 spiro atoms. The zero-order chi connectivity index (χ0) is 13.3. The Hall–Kier alpha value is -1.34. The van der Waals surface area contributed by atoms with Crippen LogP contribution in [0.15, 0.2) is 18.2 Å². The van der Waals surface area contributed by atoms with E-state index in [1.54, 1.807) is 0 Å². The second-order valence-corrected chi connectivity index (χ2v) is 3.38. The Morgan fingerprint density at radius 3 is 2.35 bits per heavy atom. The van der Waals surface area contributed by atoms with Crippen molar-refractivity contribution >= 4 is 0 Å². The highest BCUT2D eigenvalue weighted by atomic mass is 19.4. The fourth-order valence-electron chi connectivity index (χ4n) is 1.37. The summed E-state index contributed by atoms with van der Waals surface area (Å²) in [4.78, 5) is 0. The van der Waals surface area contributed by atoms with Crippen LogP contribution in [0.3, 0.4) is 0 Å². The Morgan fingerprint density at radius 1 is 1.35 bits per heavy atom. The van der Waals surface area contributed by atoms with Crippen molar-refractivity contribution < 1.29 is 27.4 Å². The number of methoxy groups -OCH3 is 1. The summed E-state index contributed by atoms with van der Waals surface area (Å²) < 4.78 is 56.2. The molecule has 0 saturated carbocycles. The normalized spacial score (nSPS) is 15.5. The van der Waals surface area contributed by atoms with Crippen molar-refractivity contribution in [2.24, 2.45) is 5.73 Å². The monoisotopic (exact) mass is 253 g/mol. The number of hydrogen-bond donors (Lipinski definition) is 2.